The number of aromatic hydroxyl groups is 1. The molecule has 18 heavy (non-hydrogen) atoms. The lowest BCUT2D eigenvalue weighted by Gasteiger charge is -2.13. The summed E-state index contributed by atoms with van der Waals surface area (Å²) in [6, 6.07) is 3.28. The zero-order valence-electron chi connectivity index (χ0n) is 9.37. The molecule has 1 fully saturated rings. The first kappa shape index (κ1) is 12.6. The second-order valence-corrected chi connectivity index (χ2v) is 6.43. The van der Waals surface area contributed by atoms with E-state index in [0.717, 1.165) is 0 Å². The summed E-state index contributed by atoms with van der Waals surface area (Å²) in [6.07, 6.45) is 0.435. The van der Waals surface area contributed by atoms with Crippen LogP contribution in [0, 0.1) is 10.1 Å². The van der Waals surface area contributed by atoms with E-state index in [-0.39, 0.29) is 34.7 Å². The van der Waals surface area contributed by atoms with Gasteiger partial charge in [0.2, 0.25) is 0 Å². The number of nitro groups is 1. The third-order valence-electron chi connectivity index (χ3n) is 2.78. The standard InChI is InChI=1S/C10H12N2O5S/c13-10-2-1-8(12(14)15)5-9(10)11-7-3-4-18(16,17)6-7/h1-2,5,7,11,13H,3-4,6H2. The Morgan fingerprint density at radius 3 is 2.72 bits per heavy atom. The average Bonchev–Trinajstić information content (AvgIpc) is 2.61. The Morgan fingerprint density at radius 1 is 1.44 bits per heavy atom. The second kappa shape index (κ2) is 4.45. The summed E-state index contributed by atoms with van der Waals surface area (Å²) in [5.74, 6) is -0.0555. The van der Waals surface area contributed by atoms with Crippen molar-refractivity contribution in [2.45, 2.75) is 12.5 Å². The van der Waals surface area contributed by atoms with Crippen molar-refractivity contribution in [3.8, 4) is 5.75 Å². The summed E-state index contributed by atoms with van der Waals surface area (Å²) in [7, 11) is -3.03. The Hall–Kier alpha value is -1.83. The maximum atomic E-state index is 11.3. The number of hydrogen-bond donors (Lipinski definition) is 2. The van der Waals surface area contributed by atoms with E-state index >= 15 is 0 Å². The molecule has 2 rings (SSSR count). The first-order valence-corrected chi connectivity index (χ1v) is 7.14. The van der Waals surface area contributed by atoms with Crippen molar-refractivity contribution in [3.63, 3.8) is 0 Å². The molecule has 1 saturated heterocycles. The fourth-order valence-corrected chi connectivity index (χ4v) is 3.56. The number of non-ortho nitro benzene ring substituents is 1. The zero-order chi connectivity index (χ0) is 13.3. The number of anilines is 1. The number of benzene rings is 1. The van der Waals surface area contributed by atoms with Crippen molar-refractivity contribution in [2.24, 2.45) is 0 Å². The molecule has 1 aliphatic heterocycles. The van der Waals surface area contributed by atoms with Crippen LogP contribution >= 0.6 is 0 Å². The fraction of sp³-hybridized carbons (Fsp3) is 0.400. The van der Waals surface area contributed by atoms with E-state index in [1.807, 2.05) is 0 Å². The van der Waals surface area contributed by atoms with Crippen molar-refractivity contribution in [2.75, 3.05) is 16.8 Å². The number of nitrogens with one attached hydrogen (secondary N) is 1. The summed E-state index contributed by atoms with van der Waals surface area (Å²) < 4.78 is 22.6. The number of hydrogen-bond acceptors (Lipinski definition) is 6. The molecule has 1 aromatic rings. The van der Waals surface area contributed by atoms with Gasteiger partial charge < -0.3 is 10.4 Å². The van der Waals surface area contributed by atoms with Crippen LogP contribution in [-0.4, -0.2) is 36.0 Å². The average molecular weight is 272 g/mol. The van der Waals surface area contributed by atoms with Crippen LogP contribution < -0.4 is 5.32 Å². The van der Waals surface area contributed by atoms with Crippen molar-refractivity contribution in [1.82, 2.24) is 0 Å². The molecule has 8 heteroatoms. The van der Waals surface area contributed by atoms with Gasteiger partial charge in [-0.2, -0.15) is 0 Å². The first-order chi connectivity index (χ1) is 8.37. The third kappa shape index (κ3) is 2.70. The van der Waals surface area contributed by atoms with Gasteiger partial charge in [0.25, 0.3) is 5.69 Å². The first-order valence-electron chi connectivity index (χ1n) is 5.32. The predicted molar refractivity (Wildman–Crippen MR) is 65.4 cm³/mol. The van der Waals surface area contributed by atoms with Crippen molar-refractivity contribution in [1.29, 1.82) is 0 Å². The molecule has 98 valence electrons. The number of phenolic OH excluding ortho intramolecular Hbond substituents is 1. The van der Waals surface area contributed by atoms with Crippen LogP contribution in [0.15, 0.2) is 18.2 Å². The number of sulfone groups is 1. The molecule has 0 bridgehead atoms. The Kier molecular flexibility index (Phi) is 3.12. The maximum Gasteiger partial charge on any atom is 0.271 e. The largest absolute Gasteiger partial charge is 0.506 e. The zero-order valence-corrected chi connectivity index (χ0v) is 10.2. The summed E-state index contributed by atoms with van der Waals surface area (Å²) in [4.78, 5) is 10.0. The van der Waals surface area contributed by atoms with Gasteiger partial charge in [0, 0.05) is 18.2 Å². The Balaban J connectivity index is 2.19. The van der Waals surface area contributed by atoms with E-state index in [1.165, 1.54) is 18.2 Å². The highest BCUT2D eigenvalue weighted by Crippen LogP contribution is 2.29. The van der Waals surface area contributed by atoms with E-state index in [9.17, 15) is 23.6 Å². The third-order valence-corrected chi connectivity index (χ3v) is 4.55. The summed E-state index contributed by atoms with van der Waals surface area (Å²) in [5.41, 5.74) is 0.0301. The van der Waals surface area contributed by atoms with Crippen LogP contribution in [0.2, 0.25) is 0 Å². The number of rotatable bonds is 3. The summed E-state index contributed by atoms with van der Waals surface area (Å²) in [6.45, 7) is 0. The SMILES string of the molecule is O=[N+]([O-])c1ccc(O)c(NC2CCS(=O)(=O)C2)c1. The van der Waals surface area contributed by atoms with Crippen LogP contribution in [0.1, 0.15) is 6.42 Å². The smallest absolute Gasteiger partial charge is 0.271 e. The normalized spacial score (nSPS) is 21.7. The lowest BCUT2D eigenvalue weighted by Crippen LogP contribution is -2.20. The molecule has 0 amide bonds. The minimum Gasteiger partial charge on any atom is -0.506 e. The van der Waals surface area contributed by atoms with Gasteiger partial charge in [0.1, 0.15) is 5.75 Å². The number of nitrogens with zero attached hydrogens (tertiary/aromatic N) is 1. The molecule has 1 aromatic carbocycles. The van der Waals surface area contributed by atoms with Crippen molar-refractivity contribution < 1.29 is 18.4 Å². The van der Waals surface area contributed by atoms with Gasteiger partial charge in [-0.25, -0.2) is 8.42 Å². The van der Waals surface area contributed by atoms with Gasteiger partial charge in [-0.05, 0) is 12.5 Å². The highest BCUT2D eigenvalue weighted by molar-refractivity contribution is 7.91. The van der Waals surface area contributed by atoms with Crippen LogP contribution in [0.4, 0.5) is 11.4 Å². The Bertz CT molecular complexity index is 584. The number of nitro benzene ring substituents is 1. The molecule has 0 aromatic heterocycles. The molecule has 0 saturated carbocycles. The molecule has 1 unspecified atom stereocenters. The minimum atomic E-state index is -3.03. The molecule has 1 atom stereocenters. The van der Waals surface area contributed by atoms with E-state index in [4.69, 9.17) is 0 Å². The maximum absolute atomic E-state index is 11.3. The number of phenols is 1. The molecule has 1 aliphatic rings. The highest BCUT2D eigenvalue weighted by Gasteiger charge is 2.28. The van der Waals surface area contributed by atoms with Gasteiger partial charge in [-0.15, -0.1) is 0 Å². The molecule has 0 aliphatic carbocycles. The van der Waals surface area contributed by atoms with Crippen molar-refractivity contribution in [3.05, 3.63) is 28.3 Å². The van der Waals surface area contributed by atoms with Gasteiger partial charge in [0.05, 0.1) is 22.1 Å². The predicted octanol–water partition coefficient (Wildman–Crippen LogP) is 0.899. The quantitative estimate of drug-likeness (QED) is 0.480. The van der Waals surface area contributed by atoms with E-state index in [2.05, 4.69) is 5.32 Å². The van der Waals surface area contributed by atoms with Crippen LogP contribution in [-0.2, 0) is 9.84 Å². The van der Waals surface area contributed by atoms with Crippen LogP contribution in [0.5, 0.6) is 5.75 Å². The van der Waals surface area contributed by atoms with Crippen LogP contribution in [0.25, 0.3) is 0 Å². The second-order valence-electron chi connectivity index (χ2n) is 4.20. The monoisotopic (exact) mass is 272 g/mol. The molecule has 7 nitrogen and oxygen atoms in total. The van der Waals surface area contributed by atoms with E-state index < -0.39 is 14.8 Å². The summed E-state index contributed by atoms with van der Waals surface area (Å²) in [5, 5.41) is 23.0. The molecule has 0 spiro atoms. The van der Waals surface area contributed by atoms with E-state index in [0.29, 0.717) is 6.42 Å². The lowest BCUT2D eigenvalue weighted by atomic mass is 10.2. The molecule has 2 N–H and O–H groups in total. The molecular formula is C10H12N2O5S. The summed E-state index contributed by atoms with van der Waals surface area (Å²) >= 11 is 0. The van der Waals surface area contributed by atoms with Gasteiger partial charge in [0.15, 0.2) is 9.84 Å². The Labute approximate surface area is 104 Å². The minimum absolute atomic E-state index is 0.0187. The van der Waals surface area contributed by atoms with Crippen LogP contribution in [0.3, 0.4) is 0 Å². The van der Waals surface area contributed by atoms with Gasteiger partial charge in [-0.1, -0.05) is 0 Å². The molecule has 1 heterocycles. The molecule has 0 radical (unpaired) electrons. The van der Waals surface area contributed by atoms with E-state index in [1.54, 1.807) is 0 Å². The lowest BCUT2D eigenvalue weighted by molar-refractivity contribution is -0.384. The highest BCUT2D eigenvalue weighted by atomic mass is 32.2. The Morgan fingerprint density at radius 2 is 2.17 bits per heavy atom. The fourth-order valence-electron chi connectivity index (χ4n) is 1.88. The topological polar surface area (TPSA) is 110 Å². The van der Waals surface area contributed by atoms with Gasteiger partial charge >= 0.3 is 0 Å². The van der Waals surface area contributed by atoms with Gasteiger partial charge in [-0.3, -0.25) is 10.1 Å². The van der Waals surface area contributed by atoms with Crippen molar-refractivity contribution >= 4 is 21.2 Å². The molecular weight excluding hydrogens is 260 g/mol.